The van der Waals surface area contributed by atoms with Crippen LogP contribution in [0, 0.1) is 11.6 Å². The summed E-state index contributed by atoms with van der Waals surface area (Å²) in [6.45, 7) is 2.76. The maximum atomic E-state index is 13.7. The minimum atomic E-state index is -1.01. The van der Waals surface area contributed by atoms with E-state index in [-0.39, 0.29) is 24.5 Å². The quantitative estimate of drug-likeness (QED) is 0.563. The van der Waals surface area contributed by atoms with E-state index in [4.69, 9.17) is 0 Å². The van der Waals surface area contributed by atoms with Crippen LogP contribution in [-0.4, -0.2) is 24.2 Å². The van der Waals surface area contributed by atoms with Crippen LogP contribution in [-0.2, 0) is 6.54 Å². The topological polar surface area (TPSA) is 56.7 Å². The van der Waals surface area contributed by atoms with Crippen molar-refractivity contribution in [2.45, 2.75) is 19.6 Å². The summed E-state index contributed by atoms with van der Waals surface area (Å²) >= 11 is 0. The van der Waals surface area contributed by atoms with E-state index >= 15 is 0 Å². The lowest BCUT2D eigenvalue weighted by atomic mass is 10.1. The van der Waals surface area contributed by atoms with Crippen molar-refractivity contribution in [3.63, 3.8) is 0 Å². The second-order valence-corrected chi connectivity index (χ2v) is 5.20. The van der Waals surface area contributed by atoms with E-state index in [1.165, 1.54) is 18.2 Å². The molecule has 0 fully saturated rings. The van der Waals surface area contributed by atoms with Crippen molar-refractivity contribution >= 4 is 5.96 Å². The number of benzene rings is 2. The van der Waals surface area contributed by atoms with Crippen LogP contribution in [0.15, 0.2) is 53.5 Å². The van der Waals surface area contributed by atoms with Crippen molar-refractivity contribution in [1.29, 1.82) is 0 Å². The molecule has 128 valence electrons. The van der Waals surface area contributed by atoms with Crippen molar-refractivity contribution in [3.05, 3.63) is 71.3 Å². The van der Waals surface area contributed by atoms with Crippen LogP contribution in [0.2, 0.25) is 0 Å². The van der Waals surface area contributed by atoms with Gasteiger partial charge in [-0.1, -0.05) is 36.4 Å². The van der Waals surface area contributed by atoms with Gasteiger partial charge in [0.15, 0.2) is 5.96 Å². The fraction of sp³-hybridized carbons (Fsp3) is 0.278. The molecular weight excluding hydrogens is 312 g/mol. The number of hydrogen-bond acceptors (Lipinski definition) is 2. The van der Waals surface area contributed by atoms with Crippen molar-refractivity contribution in [3.8, 4) is 0 Å². The standard InChI is InChI=1S/C18H21F2N3O/c1-2-21-18(22-11-13-7-3-5-9-15(13)19)23-12-17(24)14-8-4-6-10-16(14)20/h3-10,17,24H,2,11-12H2,1H3,(H2,21,22,23). The molecule has 2 rings (SSSR count). The highest BCUT2D eigenvalue weighted by molar-refractivity contribution is 5.79. The van der Waals surface area contributed by atoms with Crippen LogP contribution in [0.3, 0.4) is 0 Å². The molecule has 6 heteroatoms. The predicted molar refractivity (Wildman–Crippen MR) is 90.6 cm³/mol. The normalized spacial score (nSPS) is 12.8. The first-order chi connectivity index (χ1) is 11.6. The third kappa shape index (κ3) is 5.03. The maximum Gasteiger partial charge on any atom is 0.191 e. The lowest BCUT2D eigenvalue weighted by Gasteiger charge is -2.16. The fourth-order valence-corrected chi connectivity index (χ4v) is 2.18. The third-order valence-electron chi connectivity index (χ3n) is 3.44. The molecule has 2 aromatic carbocycles. The lowest BCUT2D eigenvalue weighted by molar-refractivity contribution is 0.176. The average molecular weight is 333 g/mol. The Kier molecular flexibility index (Phi) is 6.69. The lowest BCUT2D eigenvalue weighted by Crippen LogP contribution is -2.39. The molecule has 0 aliphatic heterocycles. The fourth-order valence-electron chi connectivity index (χ4n) is 2.18. The zero-order valence-electron chi connectivity index (χ0n) is 13.5. The molecule has 0 radical (unpaired) electrons. The molecule has 1 unspecified atom stereocenters. The summed E-state index contributed by atoms with van der Waals surface area (Å²) in [6, 6.07) is 12.5. The van der Waals surface area contributed by atoms with Gasteiger partial charge in [0.2, 0.25) is 0 Å². The molecule has 3 N–H and O–H groups in total. The Morgan fingerprint density at radius 1 is 1.04 bits per heavy atom. The molecule has 2 aromatic rings. The number of aliphatic hydroxyl groups is 1. The second-order valence-electron chi connectivity index (χ2n) is 5.20. The van der Waals surface area contributed by atoms with E-state index in [0.717, 1.165) is 0 Å². The summed E-state index contributed by atoms with van der Waals surface area (Å²) in [5, 5.41) is 16.0. The minimum absolute atomic E-state index is 0.0873. The molecule has 0 bridgehead atoms. The summed E-state index contributed by atoms with van der Waals surface area (Å²) in [5.41, 5.74) is 0.694. The second kappa shape index (κ2) is 8.98. The van der Waals surface area contributed by atoms with E-state index in [1.807, 2.05) is 6.92 Å². The SMILES string of the molecule is CCNC(=NCc1ccccc1F)NCC(O)c1ccccc1F. The molecule has 1 atom stereocenters. The molecule has 0 aromatic heterocycles. The van der Waals surface area contributed by atoms with Gasteiger partial charge in [0.25, 0.3) is 0 Å². The Hall–Kier alpha value is -2.47. The Balaban J connectivity index is 1.99. The number of nitrogens with one attached hydrogen (secondary N) is 2. The van der Waals surface area contributed by atoms with Crippen LogP contribution in [0.5, 0.6) is 0 Å². The number of aliphatic hydroxyl groups excluding tert-OH is 1. The van der Waals surface area contributed by atoms with E-state index < -0.39 is 11.9 Å². The summed E-state index contributed by atoms with van der Waals surface area (Å²) < 4.78 is 27.3. The van der Waals surface area contributed by atoms with E-state index in [9.17, 15) is 13.9 Å². The minimum Gasteiger partial charge on any atom is -0.386 e. The summed E-state index contributed by atoms with van der Waals surface area (Å²) in [4.78, 5) is 4.28. The summed E-state index contributed by atoms with van der Waals surface area (Å²) in [5.74, 6) is -0.347. The highest BCUT2D eigenvalue weighted by atomic mass is 19.1. The monoisotopic (exact) mass is 333 g/mol. The Morgan fingerprint density at radius 3 is 2.38 bits per heavy atom. The van der Waals surface area contributed by atoms with Gasteiger partial charge < -0.3 is 15.7 Å². The van der Waals surface area contributed by atoms with Crippen molar-refractivity contribution in [1.82, 2.24) is 10.6 Å². The van der Waals surface area contributed by atoms with Gasteiger partial charge in [-0.15, -0.1) is 0 Å². The largest absolute Gasteiger partial charge is 0.386 e. The molecule has 4 nitrogen and oxygen atoms in total. The number of nitrogens with zero attached hydrogens (tertiary/aromatic N) is 1. The van der Waals surface area contributed by atoms with Gasteiger partial charge in [-0.2, -0.15) is 0 Å². The van der Waals surface area contributed by atoms with Crippen LogP contribution in [0.4, 0.5) is 8.78 Å². The first-order valence-corrected chi connectivity index (χ1v) is 7.80. The van der Waals surface area contributed by atoms with Crippen molar-refractivity contribution < 1.29 is 13.9 Å². The van der Waals surface area contributed by atoms with Crippen LogP contribution >= 0.6 is 0 Å². The first-order valence-electron chi connectivity index (χ1n) is 7.80. The van der Waals surface area contributed by atoms with E-state index in [2.05, 4.69) is 15.6 Å². The highest BCUT2D eigenvalue weighted by Crippen LogP contribution is 2.15. The predicted octanol–water partition coefficient (Wildman–Crippen LogP) is 2.75. The zero-order valence-corrected chi connectivity index (χ0v) is 13.5. The highest BCUT2D eigenvalue weighted by Gasteiger charge is 2.12. The molecule has 0 amide bonds. The van der Waals surface area contributed by atoms with Gasteiger partial charge in [-0.3, -0.25) is 0 Å². The number of hydrogen-bond donors (Lipinski definition) is 3. The molecular formula is C18H21F2N3O. The van der Waals surface area contributed by atoms with Gasteiger partial charge in [0.1, 0.15) is 11.6 Å². The van der Waals surface area contributed by atoms with Crippen molar-refractivity contribution in [2.75, 3.05) is 13.1 Å². The van der Waals surface area contributed by atoms with Crippen molar-refractivity contribution in [2.24, 2.45) is 4.99 Å². The van der Waals surface area contributed by atoms with Crippen LogP contribution < -0.4 is 10.6 Å². The molecule has 0 aliphatic rings. The molecule has 0 heterocycles. The average Bonchev–Trinajstić information content (AvgIpc) is 2.58. The van der Waals surface area contributed by atoms with Gasteiger partial charge in [0.05, 0.1) is 12.6 Å². The Bertz CT molecular complexity index is 691. The van der Waals surface area contributed by atoms with Crippen LogP contribution in [0.1, 0.15) is 24.2 Å². The molecule has 0 saturated heterocycles. The zero-order chi connectivity index (χ0) is 17.4. The maximum absolute atomic E-state index is 13.7. The molecule has 0 aliphatic carbocycles. The van der Waals surface area contributed by atoms with Gasteiger partial charge in [-0.05, 0) is 19.1 Å². The van der Waals surface area contributed by atoms with Gasteiger partial charge >= 0.3 is 0 Å². The first kappa shape index (κ1) is 17.9. The Morgan fingerprint density at radius 2 is 1.71 bits per heavy atom. The van der Waals surface area contributed by atoms with Gasteiger partial charge in [-0.25, -0.2) is 13.8 Å². The molecule has 0 spiro atoms. The van der Waals surface area contributed by atoms with E-state index in [1.54, 1.807) is 30.3 Å². The summed E-state index contributed by atoms with van der Waals surface area (Å²) in [6.07, 6.45) is -1.01. The molecule has 24 heavy (non-hydrogen) atoms. The number of guanidine groups is 1. The Labute approximate surface area is 140 Å². The summed E-state index contributed by atoms with van der Waals surface area (Å²) in [7, 11) is 0. The van der Waals surface area contributed by atoms with E-state index in [0.29, 0.717) is 18.1 Å². The van der Waals surface area contributed by atoms with Gasteiger partial charge in [0, 0.05) is 24.2 Å². The number of aliphatic imine (C=N–C) groups is 1. The third-order valence-corrected chi connectivity index (χ3v) is 3.44. The molecule has 0 saturated carbocycles. The smallest absolute Gasteiger partial charge is 0.191 e. The number of rotatable bonds is 6. The van der Waals surface area contributed by atoms with Crippen LogP contribution in [0.25, 0.3) is 0 Å². The number of halogens is 2.